The highest BCUT2D eigenvalue weighted by Gasteiger charge is 2.23. The fourth-order valence-corrected chi connectivity index (χ4v) is 4.80. The van der Waals surface area contributed by atoms with E-state index < -0.39 is 12.1 Å². The third-order valence-electron chi connectivity index (χ3n) is 6.73. The summed E-state index contributed by atoms with van der Waals surface area (Å²) in [5.74, 6) is 0.753. The van der Waals surface area contributed by atoms with Gasteiger partial charge in [0.2, 0.25) is 0 Å². The molecule has 3 heterocycles. The zero-order chi connectivity index (χ0) is 28.1. The van der Waals surface area contributed by atoms with Crippen LogP contribution in [0, 0.1) is 11.3 Å². The maximum absolute atomic E-state index is 12.4. The summed E-state index contributed by atoms with van der Waals surface area (Å²) >= 11 is 0. The quantitative estimate of drug-likeness (QED) is 0.236. The average Bonchev–Trinajstić information content (AvgIpc) is 3.39. The van der Waals surface area contributed by atoms with E-state index in [1.165, 1.54) is 11.0 Å². The van der Waals surface area contributed by atoms with Crippen molar-refractivity contribution in [3.05, 3.63) is 95.3 Å². The topological polar surface area (TPSA) is 118 Å². The van der Waals surface area contributed by atoms with Gasteiger partial charge in [-0.05, 0) is 73.4 Å². The van der Waals surface area contributed by atoms with Gasteiger partial charge in [-0.1, -0.05) is 18.2 Å². The lowest BCUT2D eigenvalue weighted by Gasteiger charge is -2.26. The molecule has 0 spiro atoms. The van der Waals surface area contributed by atoms with E-state index in [2.05, 4.69) is 11.1 Å². The average molecular weight is 537 g/mol. The molecule has 0 saturated carbocycles. The molecular weight excluding hydrogens is 508 g/mol. The minimum atomic E-state index is -0.985. The first-order chi connectivity index (χ1) is 19.5. The van der Waals surface area contributed by atoms with Crippen molar-refractivity contribution in [3.8, 4) is 11.8 Å². The number of anilines is 1. The first-order valence-corrected chi connectivity index (χ1v) is 13.1. The van der Waals surface area contributed by atoms with Crippen LogP contribution in [0.3, 0.4) is 0 Å². The van der Waals surface area contributed by atoms with Crippen molar-refractivity contribution in [3.63, 3.8) is 0 Å². The number of aromatic nitrogens is 2. The van der Waals surface area contributed by atoms with Crippen molar-refractivity contribution in [2.24, 2.45) is 0 Å². The number of hydrogen-bond donors (Lipinski definition) is 1. The summed E-state index contributed by atoms with van der Waals surface area (Å²) in [6.07, 6.45) is 4.49. The van der Waals surface area contributed by atoms with Crippen LogP contribution in [0.25, 0.3) is 16.6 Å². The van der Waals surface area contributed by atoms with E-state index in [1.54, 1.807) is 31.2 Å². The molecular formula is C31H28N4O5. The maximum atomic E-state index is 12.4. The van der Waals surface area contributed by atoms with Gasteiger partial charge in [0, 0.05) is 36.3 Å². The van der Waals surface area contributed by atoms with Crippen LogP contribution < -0.4 is 9.64 Å². The van der Waals surface area contributed by atoms with Crippen LogP contribution >= 0.6 is 0 Å². The number of hydrogen-bond acceptors (Lipinski definition) is 6. The Balaban J connectivity index is 1.34. The minimum absolute atomic E-state index is 0.266. The predicted molar refractivity (Wildman–Crippen MR) is 150 cm³/mol. The number of carbonyl (C=O) groups is 2. The second kappa shape index (κ2) is 11.7. The van der Waals surface area contributed by atoms with Crippen molar-refractivity contribution < 1.29 is 24.2 Å². The highest BCUT2D eigenvalue weighted by Crippen LogP contribution is 2.29. The first kappa shape index (κ1) is 26.5. The Morgan fingerprint density at radius 2 is 1.95 bits per heavy atom. The molecule has 1 amide bonds. The van der Waals surface area contributed by atoms with Gasteiger partial charge < -0.3 is 19.1 Å². The summed E-state index contributed by atoms with van der Waals surface area (Å²) in [4.78, 5) is 29.9. The number of amides is 1. The summed E-state index contributed by atoms with van der Waals surface area (Å²) in [6.45, 7) is 2.86. The van der Waals surface area contributed by atoms with E-state index in [1.807, 2.05) is 47.2 Å². The Morgan fingerprint density at radius 1 is 1.12 bits per heavy atom. The molecule has 0 aliphatic carbocycles. The van der Waals surface area contributed by atoms with Gasteiger partial charge in [-0.15, -0.1) is 0 Å². The molecule has 1 aliphatic heterocycles. The zero-order valence-corrected chi connectivity index (χ0v) is 22.0. The van der Waals surface area contributed by atoms with Crippen LogP contribution in [0.15, 0.2) is 72.9 Å². The molecule has 0 unspecified atom stereocenters. The smallest absolute Gasteiger partial charge is 0.413 e. The highest BCUT2D eigenvalue weighted by molar-refractivity contribution is 5.95. The molecule has 202 valence electrons. The molecule has 0 saturated heterocycles. The van der Waals surface area contributed by atoms with E-state index in [-0.39, 0.29) is 6.61 Å². The number of carboxylic acid groups (broad SMARTS) is 1. The van der Waals surface area contributed by atoms with Gasteiger partial charge in [-0.3, -0.25) is 4.90 Å². The molecule has 40 heavy (non-hydrogen) atoms. The molecule has 1 aliphatic rings. The molecule has 0 atom stereocenters. The zero-order valence-electron chi connectivity index (χ0n) is 22.0. The van der Waals surface area contributed by atoms with E-state index in [0.29, 0.717) is 42.4 Å². The predicted octanol–water partition coefficient (Wildman–Crippen LogP) is 5.41. The normalized spacial score (nSPS) is 13.0. The number of nitriles is 1. The van der Waals surface area contributed by atoms with Gasteiger partial charge in [-0.25, -0.2) is 14.6 Å². The van der Waals surface area contributed by atoms with E-state index in [4.69, 9.17) is 14.7 Å². The van der Waals surface area contributed by atoms with Crippen LogP contribution in [0.2, 0.25) is 0 Å². The summed E-state index contributed by atoms with van der Waals surface area (Å²) < 4.78 is 13.1. The van der Waals surface area contributed by atoms with Crippen LogP contribution in [0.5, 0.6) is 5.75 Å². The number of pyridine rings is 1. The molecule has 1 N–H and O–H groups in total. The number of aryl methyl sites for hydroxylation is 1. The summed E-state index contributed by atoms with van der Waals surface area (Å²) in [5.41, 5.74) is 4.52. The fourth-order valence-electron chi connectivity index (χ4n) is 4.80. The largest absolute Gasteiger partial charge is 0.493 e. The van der Waals surface area contributed by atoms with Crippen molar-refractivity contribution in [2.45, 2.75) is 26.2 Å². The van der Waals surface area contributed by atoms with Crippen molar-refractivity contribution >= 4 is 34.5 Å². The van der Waals surface area contributed by atoms with E-state index in [0.717, 1.165) is 40.6 Å². The SMILES string of the molecule is CCOC(=O)C=C(c1ccc(C#N)cc1)n1ccc2cc(OCCc3ccc4c(n3)N(C(=O)O)CCC4)ccc21. The standard InChI is InChI=1S/C31H28N4O5/c1-2-39-29(36)19-28(22-7-5-21(20-32)6-8-22)34-16-13-24-18-26(11-12-27(24)34)40-17-14-25-10-9-23-4-3-15-35(31(37)38)30(23)33-25/h5-13,16,18-19H,2-4,14-15,17H2,1H3,(H,37,38). The molecule has 2 aromatic carbocycles. The van der Waals surface area contributed by atoms with Gasteiger partial charge in [0.05, 0.1) is 36.1 Å². The van der Waals surface area contributed by atoms with Gasteiger partial charge in [0.1, 0.15) is 11.6 Å². The molecule has 9 heteroatoms. The Morgan fingerprint density at radius 3 is 2.70 bits per heavy atom. The first-order valence-electron chi connectivity index (χ1n) is 13.1. The number of benzene rings is 2. The van der Waals surface area contributed by atoms with Crippen LogP contribution in [-0.2, 0) is 22.4 Å². The van der Waals surface area contributed by atoms with Crippen LogP contribution in [0.1, 0.15) is 35.7 Å². The number of carbonyl (C=O) groups excluding carboxylic acids is 1. The molecule has 0 radical (unpaired) electrons. The Bertz CT molecular complexity index is 1630. The second-order valence-corrected chi connectivity index (χ2v) is 9.30. The maximum Gasteiger partial charge on any atom is 0.413 e. The van der Waals surface area contributed by atoms with E-state index in [9.17, 15) is 14.7 Å². The third-order valence-corrected chi connectivity index (χ3v) is 6.73. The van der Waals surface area contributed by atoms with Crippen molar-refractivity contribution in [1.82, 2.24) is 9.55 Å². The second-order valence-electron chi connectivity index (χ2n) is 9.30. The van der Waals surface area contributed by atoms with Gasteiger partial charge in [-0.2, -0.15) is 5.26 Å². The molecule has 9 nitrogen and oxygen atoms in total. The monoisotopic (exact) mass is 536 g/mol. The van der Waals surface area contributed by atoms with Crippen molar-refractivity contribution in [1.29, 1.82) is 5.26 Å². The minimum Gasteiger partial charge on any atom is -0.493 e. The number of ether oxygens (including phenoxy) is 2. The number of rotatable bonds is 8. The summed E-state index contributed by atoms with van der Waals surface area (Å²) in [6, 6.07) is 20.7. The highest BCUT2D eigenvalue weighted by atomic mass is 16.5. The molecule has 0 bridgehead atoms. The van der Waals surface area contributed by atoms with E-state index >= 15 is 0 Å². The molecule has 0 fully saturated rings. The lowest BCUT2D eigenvalue weighted by molar-refractivity contribution is -0.137. The Kier molecular flexibility index (Phi) is 7.78. The molecule has 2 aromatic heterocycles. The number of fused-ring (bicyclic) bond motifs is 2. The van der Waals surface area contributed by atoms with Crippen LogP contribution in [-0.4, -0.2) is 46.5 Å². The van der Waals surface area contributed by atoms with Gasteiger partial charge in [0.25, 0.3) is 0 Å². The van der Waals surface area contributed by atoms with Crippen LogP contribution in [0.4, 0.5) is 10.6 Å². The summed E-state index contributed by atoms with van der Waals surface area (Å²) in [5, 5.41) is 19.6. The summed E-state index contributed by atoms with van der Waals surface area (Å²) in [7, 11) is 0. The van der Waals surface area contributed by atoms with Gasteiger partial charge in [0.15, 0.2) is 0 Å². The lowest BCUT2D eigenvalue weighted by atomic mass is 10.1. The Labute approximate surface area is 231 Å². The van der Waals surface area contributed by atoms with Gasteiger partial charge >= 0.3 is 12.1 Å². The molecule has 4 aromatic rings. The van der Waals surface area contributed by atoms with Crippen molar-refractivity contribution in [2.75, 3.05) is 24.7 Å². The molecule has 5 rings (SSSR count). The fraction of sp³-hybridized carbons (Fsp3) is 0.226. The lowest BCUT2D eigenvalue weighted by Crippen LogP contribution is -2.35. The Hall–Kier alpha value is -5.10. The number of nitrogens with zero attached hydrogens (tertiary/aromatic N) is 4. The third kappa shape index (κ3) is 5.66. The number of esters is 1.